The smallest absolute Gasteiger partial charge is 0.335 e. The van der Waals surface area contributed by atoms with Crippen molar-refractivity contribution in [1.29, 1.82) is 0 Å². The Morgan fingerprint density at radius 1 is 1.29 bits per heavy atom. The van der Waals surface area contributed by atoms with E-state index in [1.807, 2.05) is 0 Å². The van der Waals surface area contributed by atoms with Crippen LogP contribution in [0.3, 0.4) is 0 Å². The lowest BCUT2D eigenvalue weighted by atomic mass is 9.84. The highest BCUT2D eigenvalue weighted by molar-refractivity contribution is 5.77. The molecule has 0 spiro atoms. The van der Waals surface area contributed by atoms with Crippen LogP contribution in [0.1, 0.15) is 38.5 Å². The van der Waals surface area contributed by atoms with Gasteiger partial charge in [0.1, 0.15) is 0 Å². The second-order valence-electron chi connectivity index (χ2n) is 3.79. The van der Waals surface area contributed by atoms with Crippen molar-refractivity contribution in [1.82, 2.24) is 0 Å². The highest BCUT2D eigenvalue weighted by Gasteiger charge is 2.40. The third kappa shape index (κ3) is 2.69. The molecule has 1 aliphatic rings. The SMILES string of the molecule is O=C(O)C1(OCCCO)CCCCC1. The predicted octanol–water partition coefficient (Wildman–Crippen LogP) is 1.17. The van der Waals surface area contributed by atoms with E-state index in [2.05, 4.69) is 0 Å². The lowest BCUT2D eigenvalue weighted by molar-refractivity contribution is -0.171. The van der Waals surface area contributed by atoms with Crippen LogP contribution in [0.4, 0.5) is 0 Å². The van der Waals surface area contributed by atoms with Gasteiger partial charge < -0.3 is 14.9 Å². The topological polar surface area (TPSA) is 66.8 Å². The maximum atomic E-state index is 11.1. The summed E-state index contributed by atoms with van der Waals surface area (Å²) in [6.07, 6.45) is 4.66. The molecule has 1 saturated carbocycles. The summed E-state index contributed by atoms with van der Waals surface area (Å²) in [6, 6.07) is 0. The third-order valence-corrected chi connectivity index (χ3v) is 2.73. The summed E-state index contributed by atoms with van der Waals surface area (Å²) in [7, 11) is 0. The summed E-state index contributed by atoms with van der Waals surface area (Å²) >= 11 is 0. The van der Waals surface area contributed by atoms with Crippen molar-refractivity contribution in [2.24, 2.45) is 0 Å². The second kappa shape index (κ2) is 5.32. The maximum absolute atomic E-state index is 11.1. The molecule has 0 bridgehead atoms. The summed E-state index contributed by atoms with van der Waals surface area (Å²) in [4.78, 5) is 11.1. The van der Waals surface area contributed by atoms with E-state index in [1.165, 1.54) is 0 Å². The Morgan fingerprint density at radius 3 is 2.43 bits per heavy atom. The number of carbonyl (C=O) groups is 1. The van der Waals surface area contributed by atoms with Crippen molar-refractivity contribution >= 4 is 5.97 Å². The molecule has 0 saturated heterocycles. The molecular formula is C10H18O4. The minimum Gasteiger partial charge on any atom is -0.479 e. The van der Waals surface area contributed by atoms with Gasteiger partial charge in [0.25, 0.3) is 0 Å². The van der Waals surface area contributed by atoms with E-state index in [-0.39, 0.29) is 6.61 Å². The average molecular weight is 202 g/mol. The van der Waals surface area contributed by atoms with Gasteiger partial charge in [0.2, 0.25) is 0 Å². The molecule has 0 amide bonds. The molecule has 14 heavy (non-hydrogen) atoms. The lowest BCUT2D eigenvalue weighted by Crippen LogP contribution is -2.43. The standard InChI is InChI=1S/C10H18O4/c11-7-4-8-14-10(9(12)13)5-2-1-3-6-10/h11H,1-8H2,(H,12,13). The third-order valence-electron chi connectivity index (χ3n) is 2.73. The summed E-state index contributed by atoms with van der Waals surface area (Å²) in [5, 5.41) is 17.7. The Kier molecular flexibility index (Phi) is 4.35. The zero-order valence-electron chi connectivity index (χ0n) is 8.37. The van der Waals surface area contributed by atoms with Crippen LogP contribution < -0.4 is 0 Å². The molecule has 0 atom stereocenters. The number of ether oxygens (including phenoxy) is 1. The van der Waals surface area contributed by atoms with Crippen molar-refractivity contribution in [2.45, 2.75) is 44.1 Å². The van der Waals surface area contributed by atoms with Gasteiger partial charge in [-0.05, 0) is 32.1 Å². The highest BCUT2D eigenvalue weighted by Crippen LogP contribution is 2.31. The molecule has 4 heteroatoms. The molecule has 0 aromatic carbocycles. The van der Waals surface area contributed by atoms with Crippen LogP contribution in [0.25, 0.3) is 0 Å². The van der Waals surface area contributed by atoms with Crippen LogP contribution in [-0.4, -0.2) is 35.0 Å². The maximum Gasteiger partial charge on any atom is 0.335 e. The zero-order chi connectivity index (χ0) is 10.4. The molecule has 82 valence electrons. The Balaban J connectivity index is 2.47. The van der Waals surface area contributed by atoms with Gasteiger partial charge in [-0.2, -0.15) is 0 Å². The van der Waals surface area contributed by atoms with E-state index in [0.717, 1.165) is 19.3 Å². The monoisotopic (exact) mass is 202 g/mol. The van der Waals surface area contributed by atoms with Crippen molar-refractivity contribution < 1.29 is 19.7 Å². The lowest BCUT2D eigenvalue weighted by Gasteiger charge is -2.33. The number of aliphatic hydroxyl groups is 1. The number of rotatable bonds is 5. The molecule has 1 fully saturated rings. The summed E-state index contributed by atoms with van der Waals surface area (Å²) in [5.41, 5.74) is -0.965. The minimum absolute atomic E-state index is 0.0513. The van der Waals surface area contributed by atoms with Gasteiger partial charge in [-0.25, -0.2) is 4.79 Å². The predicted molar refractivity (Wildman–Crippen MR) is 51.1 cm³/mol. The molecule has 0 aromatic rings. The fraction of sp³-hybridized carbons (Fsp3) is 0.900. The highest BCUT2D eigenvalue weighted by atomic mass is 16.5. The number of carboxylic acids is 1. The zero-order valence-corrected chi connectivity index (χ0v) is 8.37. The van der Waals surface area contributed by atoms with Crippen LogP contribution in [0.2, 0.25) is 0 Å². The van der Waals surface area contributed by atoms with Crippen LogP contribution >= 0.6 is 0 Å². The van der Waals surface area contributed by atoms with Crippen LogP contribution in [0.5, 0.6) is 0 Å². The normalized spacial score (nSPS) is 20.6. The van der Waals surface area contributed by atoms with Crippen LogP contribution in [0, 0.1) is 0 Å². The van der Waals surface area contributed by atoms with E-state index in [9.17, 15) is 4.79 Å². The Labute approximate surface area is 83.9 Å². The molecule has 0 heterocycles. The Morgan fingerprint density at radius 2 is 1.93 bits per heavy atom. The Hall–Kier alpha value is -0.610. The van der Waals surface area contributed by atoms with Gasteiger partial charge in [0.05, 0.1) is 6.61 Å². The van der Waals surface area contributed by atoms with E-state index in [0.29, 0.717) is 25.9 Å². The van der Waals surface area contributed by atoms with Crippen LogP contribution in [0.15, 0.2) is 0 Å². The van der Waals surface area contributed by atoms with Crippen molar-refractivity contribution in [2.75, 3.05) is 13.2 Å². The first-order valence-electron chi connectivity index (χ1n) is 5.19. The fourth-order valence-electron chi connectivity index (χ4n) is 1.87. The second-order valence-corrected chi connectivity index (χ2v) is 3.79. The first kappa shape index (κ1) is 11.5. The first-order chi connectivity index (χ1) is 6.71. The number of hydrogen-bond donors (Lipinski definition) is 2. The molecule has 2 N–H and O–H groups in total. The molecule has 1 aliphatic carbocycles. The van der Waals surface area contributed by atoms with Gasteiger partial charge in [-0.3, -0.25) is 0 Å². The van der Waals surface area contributed by atoms with E-state index in [1.54, 1.807) is 0 Å². The van der Waals surface area contributed by atoms with Crippen molar-refractivity contribution in [3.05, 3.63) is 0 Å². The van der Waals surface area contributed by atoms with Crippen LogP contribution in [-0.2, 0) is 9.53 Å². The quantitative estimate of drug-likeness (QED) is 0.657. The molecule has 0 radical (unpaired) electrons. The number of hydrogen-bond acceptors (Lipinski definition) is 3. The fourth-order valence-corrected chi connectivity index (χ4v) is 1.87. The number of aliphatic carboxylic acids is 1. The number of carboxylic acid groups (broad SMARTS) is 1. The average Bonchev–Trinajstić information content (AvgIpc) is 2.19. The van der Waals surface area contributed by atoms with Crippen molar-refractivity contribution in [3.8, 4) is 0 Å². The molecule has 1 rings (SSSR count). The number of aliphatic hydroxyl groups excluding tert-OH is 1. The minimum atomic E-state index is -0.965. The van der Waals surface area contributed by atoms with Gasteiger partial charge in [0.15, 0.2) is 5.60 Å². The van der Waals surface area contributed by atoms with Gasteiger partial charge in [-0.15, -0.1) is 0 Å². The van der Waals surface area contributed by atoms with Gasteiger partial charge >= 0.3 is 5.97 Å². The summed E-state index contributed by atoms with van der Waals surface area (Å²) in [6.45, 7) is 0.387. The Bertz CT molecular complexity index is 185. The van der Waals surface area contributed by atoms with Gasteiger partial charge in [0, 0.05) is 6.61 Å². The van der Waals surface area contributed by atoms with E-state index < -0.39 is 11.6 Å². The first-order valence-corrected chi connectivity index (χ1v) is 5.19. The largest absolute Gasteiger partial charge is 0.479 e. The van der Waals surface area contributed by atoms with Gasteiger partial charge in [-0.1, -0.05) is 6.42 Å². The van der Waals surface area contributed by atoms with E-state index in [4.69, 9.17) is 14.9 Å². The summed E-state index contributed by atoms with van der Waals surface area (Å²) in [5.74, 6) is -0.852. The molecule has 0 aromatic heterocycles. The van der Waals surface area contributed by atoms with E-state index >= 15 is 0 Å². The molecule has 0 aliphatic heterocycles. The molecular weight excluding hydrogens is 184 g/mol. The van der Waals surface area contributed by atoms with Crippen molar-refractivity contribution in [3.63, 3.8) is 0 Å². The molecule has 0 unspecified atom stereocenters. The molecule has 4 nitrogen and oxygen atoms in total. The summed E-state index contributed by atoms with van der Waals surface area (Å²) < 4.78 is 5.41.